The summed E-state index contributed by atoms with van der Waals surface area (Å²) in [6.45, 7) is 2.78. The van der Waals surface area contributed by atoms with Crippen LogP contribution in [-0.4, -0.2) is 30.5 Å². The van der Waals surface area contributed by atoms with Crippen LogP contribution in [0, 0.1) is 0 Å². The first-order valence-electron chi connectivity index (χ1n) is 6.97. The predicted octanol–water partition coefficient (Wildman–Crippen LogP) is 2.40. The van der Waals surface area contributed by atoms with Crippen molar-refractivity contribution in [3.8, 4) is 23.0 Å². The molecular weight excluding hydrogens is 270 g/mol. The minimum absolute atomic E-state index is 0.467. The summed E-state index contributed by atoms with van der Waals surface area (Å²) in [5, 5.41) is 4.30. The molecule has 0 saturated carbocycles. The number of methoxy groups -OCH3 is 1. The Labute approximate surface area is 124 Å². The lowest BCUT2D eigenvalue weighted by Crippen LogP contribution is -2.12. The van der Waals surface area contributed by atoms with E-state index < -0.39 is 0 Å². The van der Waals surface area contributed by atoms with Crippen molar-refractivity contribution in [1.29, 1.82) is 0 Å². The fraction of sp³-hybridized carbons (Fsp3) is 0.467. The van der Waals surface area contributed by atoms with E-state index >= 15 is 0 Å². The Morgan fingerprint density at radius 3 is 2.76 bits per heavy atom. The van der Waals surface area contributed by atoms with Gasteiger partial charge in [-0.1, -0.05) is 13.3 Å². The molecule has 0 aliphatic rings. The molecule has 6 nitrogen and oxygen atoms in total. The molecule has 0 saturated heterocycles. The second-order valence-electron chi connectivity index (χ2n) is 4.60. The lowest BCUT2D eigenvalue weighted by atomic mass is 10.2. The van der Waals surface area contributed by atoms with E-state index in [4.69, 9.17) is 13.9 Å². The van der Waals surface area contributed by atoms with E-state index in [1.807, 2.05) is 18.2 Å². The Kier molecular flexibility index (Phi) is 5.03. The molecule has 0 aliphatic carbocycles. The summed E-state index contributed by atoms with van der Waals surface area (Å²) in [5.74, 6) is 1.89. The number of aromatic nitrogens is 2. The largest absolute Gasteiger partial charge is 0.493 e. The van der Waals surface area contributed by atoms with Crippen LogP contribution < -0.4 is 15.2 Å². The Morgan fingerprint density at radius 2 is 2.14 bits per heavy atom. The summed E-state index contributed by atoms with van der Waals surface area (Å²) in [5.41, 5.74) is 1.29. The summed E-state index contributed by atoms with van der Waals surface area (Å²) in [6.07, 6.45) is 2.08. The molecule has 0 fully saturated rings. The van der Waals surface area contributed by atoms with Crippen LogP contribution >= 0.6 is 0 Å². The fourth-order valence-electron chi connectivity index (χ4n) is 1.91. The van der Waals surface area contributed by atoms with Crippen molar-refractivity contribution >= 4 is 0 Å². The minimum atomic E-state index is 0.467. The summed E-state index contributed by atoms with van der Waals surface area (Å²) in [7, 11) is 5.08. The monoisotopic (exact) mass is 291 g/mol. The maximum absolute atomic E-state index is 5.77. The maximum atomic E-state index is 5.77. The highest BCUT2D eigenvalue weighted by atomic mass is 16.5. The molecule has 6 heteroatoms. The first kappa shape index (κ1) is 15.2. The lowest BCUT2D eigenvalue weighted by Gasteiger charge is -2.11. The zero-order chi connectivity index (χ0) is 15.2. The molecule has 114 valence electrons. The molecule has 0 radical (unpaired) electrons. The lowest BCUT2D eigenvalue weighted by molar-refractivity contribution is 0.288. The molecule has 0 atom stereocenters. The molecule has 0 bridgehead atoms. The minimum Gasteiger partial charge on any atom is -0.493 e. The normalized spacial score (nSPS) is 11.7. The highest BCUT2D eigenvalue weighted by molar-refractivity contribution is 5.59. The first-order chi connectivity index (χ1) is 10.2. The number of hydrogen-bond donors (Lipinski definition) is 0. The molecular formula is C15H21N3O3. The van der Waals surface area contributed by atoms with Gasteiger partial charge in [-0.3, -0.25) is 0 Å². The van der Waals surface area contributed by atoms with Gasteiger partial charge in [0.25, 0.3) is 0 Å². The van der Waals surface area contributed by atoms with E-state index in [-0.39, 0.29) is 0 Å². The van der Waals surface area contributed by atoms with Crippen LogP contribution in [0.25, 0.3) is 11.5 Å². The number of aryl methyl sites for hydroxylation is 1. The van der Waals surface area contributed by atoms with Gasteiger partial charge in [-0.05, 0) is 24.6 Å². The van der Waals surface area contributed by atoms with Crippen LogP contribution in [0.5, 0.6) is 11.5 Å². The molecule has 0 spiro atoms. The fourth-order valence-corrected chi connectivity index (χ4v) is 1.91. The number of ether oxygens (including phenoxy) is 2. The van der Waals surface area contributed by atoms with Crippen molar-refractivity contribution in [2.75, 3.05) is 20.8 Å². The highest BCUT2D eigenvalue weighted by Crippen LogP contribution is 2.31. The van der Waals surface area contributed by atoms with Crippen molar-refractivity contribution in [3.05, 3.63) is 23.9 Å². The average molecular weight is 291 g/mol. The second kappa shape index (κ2) is 6.97. The van der Waals surface area contributed by atoms with Gasteiger partial charge >= 0.3 is 5.68 Å². The number of hydrogen-bond acceptors (Lipinski definition) is 5. The van der Waals surface area contributed by atoms with Gasteiger partial charge < -0.3 is 13.9 Å². The van der Waals surface area contributed by atoms with Crippen molar-refractivity contribution in [2.24, 2.45) is 12.0 Å². The molecule has 0 amide bonds. The van der Waals surface area contributed by atoms with E-state index in [0.717, 1.165) is 18.4 Å². The average Bonchev–Trinajstić information content (AvgIpc) is 2.88. The topological polar surface area (TPSA) is 61.8 Å². The standard InChI is InChI=1S/C15H21N3O3/c1-5-6-9-20-13-10-11(7-8-12(13)19-4)14-17-18(3)15(16-2)21-14/h7-8,10H,5-6,9H2,1-4H3. The summed E-state index contributed by atoms with van der Waals surface area (Å²) in [6, 6.07) is 5.61. The van der Waals surface area contributed by atoms with Gasteiger partial charge in [-0.15, -0.1) is 5.10 Å². The number of rotatable bonds is 6. The van der Waals surface area contributed by atoms with Gasteiger partial charge in [0.2, 0.25) is 5.89 Å². The third kappa shape index (κ3) is 3.45. The smallest absolute Gasteiger partial charge is 0.314 e. The van der Waals surface area contributed by atoms with E-state index in [2.05, 4.69) is 17.0 Å². The quantitative estimate of drug-likeness (QED) is 0.767. The van der Waals surface area contributed by atoms with Crippen molar-refractivity contribution in [3.63, 3.8) is 0 Å². The molecule has 0 unspecified atom stereocenters. The summed E-state index contributed by atoms with van der Waals surface area (Å²) in [4.78, 5) is 4.01. The van der Waals surface area contributed by atoms with Crippen molar-refractivity contribution in [1.82, 2.24) is 9.78 Å². The third-order valence-corrected chi connectivity index (χ3v) is 3.06. The van der Waals surface area contributed by atoms with Crippen LogP contribution in [0.2, 0.25) is 0 Å². The van der Waals surface area contributed by atoms with E-state index in [1.165, 1.54) is 0 Å². The third-order valence-electron chi connectivity index (χ3n) is 3.06. The Hall–Kier alpha value is -2.24. The van der Waals surface area contributed by atoms with Gasteiger partial charge in [0.1, 0.15) is 0 Å². The van der Waals surface area contributed by atoms with Gasteiger partial charge in [0, 0.05) is 19.7 Å². The van der Waals surface area contributed by atoms with Crippen molar-refractivity contribution < 1.29 is 13.9 Å². The molecule has 1 heterocycles. The van der Waals surface area contributed by atoms with E-state index in [1.54, 1.807) is 25.9 Å². The van der Waals surface area contributed by atoms with Gasteiger partial charge in [-0.2, -0.15) is 0 Å². The molecule has 2 aromatic rings. The Morgan fingerprint density at radius 1 is 1.33 bits per heavy atom. The number of unbranched alkanes of at least 4 members (excludes halogenated alkanes) is 1. The summed E-state index contributed by atoms with van der Waals surface area (Å²) >= 11 is 0. The SMILES string of the molecule is CCCCOc1cc(-c2nn(C)c(=NC)o2)ccc1OC. The first-order valence-corrected chi connectivity index (χ1v) is 6.97. The number of benzene rings is 1. The van der Waals surface area contributed by atoms with Crippen LogP contribution in [0.1, 0.15) is 19.8 Å². The second-order valence-corrected chi connectivity index (χ2v) is 4.60. The maximum Gasteiger partial charge on any atom is 0.314 e. The van der Waals surface area contributed by atoms with Crippen LogP contribution in [0.4, 0.5) is 0 Å². The van der Waals surface area contributed by atoms with E-state index in [0.29, 0.717) is 29.7 Å². The van der Waals surface area contributed by atoms with Crippen LogP contribution in [0.3, 0.4) is 0 Å². The molecule has 1 aromatic heterocycles. The van der Waals surface area contributed by atoms with Crippen LogP contribution in [-0.2, 0) is 7.05 Å². The van der Waals surface area contributed by atoms with Crippen molar-refractivity contribution in [2.45, 2.75) is 19.8 Å². The zero-order valence-corrected chi connectivity index (χ0v) is 12.9. The number of nitrogens with zero attached hydrogens (tertiary/aromatic N) is 3. The van der Waals surface area contributed by atoms with Gasteiger partial charge in [0.05, 0.1) is 13.7 Å². The predicted molar refractivity (Wildman–Crippen MR) is 79.4 cm³/mol. The van der Waals surface area contributed by atoms with Gasteiger partial charge in [-0.25, -0.2) is 9.67 Å². The van der Waals surface area contributed by atoms with Gasteiger partial charge in [0.15, 0.2) is 11.5 Å². The molecule has 0 aliphatic heterocycles. The molecule has 2 rings (SSSR count). The Bertz CT molecular complexity index is 658. The molecule has 0 N–H and O–H groups in total. The molecule has 1 aromatic carbocycles. The summed E-state index contributed by atoms with van der Waals surface area (Å²) < 4.78 is 18.3. The zero-order valence-electron chi connectivity index (χ0n) is 12.9. The van der Waals surface area contributed by atoms with Crippen LogP contribution in [0.15, 0.2) is 27.6 Å². The van der Waals surface area contributed by atoms with E-state index in [9.17, 15) is 0 Å². The Balaban J connectivity index is 2.33. The molecule has 21 heavy (non-hydrogen) atoms. The highest BCUT2D eigenvalue weighted by Gasteiger charge is 2.11.